The summed E-state index contributed by atoms with van der Waals surface area (Å²) in [6.45, 7) is 15.2. The van der Waals surface area contributed by atoms with Gasteiger partial charge in [0.2, 0.25) is 0 Å². The maximum atomic E-state index is 12.6. The number of hydrogen-bond acceptors (Lipinski definition) is 4. The van der Waals surface area contributed by atoms with Gasteiger partial charge in [0.15, 0.2) is 0 Å². The Morgan fingerprint density at radius 1 is 1.21 bits per heavy atom. The molecule has 0 bridgehead atoms. The molecule has 28 heavy (non-hydrogen) atoms. The molecule has 0 aromatic carbocycles. The van der Waals surface area contributed by atoms with Gasteiger partial charge >= 0.3 is 6.09 Å². The summed E-state index contributed by atoms with van der Waals surface area (Å²) in [5.74, 6) is 0.763. The minimum atomic E-state index is -0.510. The molecule has 1 aliphatic carbocycles. The summed E-state index contributed by atoms with van der Waals surface area (Å²) in [7, 11) is 0. The van der Waals surface area contributed by atoms with Crippen LogP contribution in [0.1, 0.15) is 64.3 Å². The van der Waals surface area contributed by atoms with E-state index < -0.39 is 5.60 Å². The van der Waals surface area contributed by atoms with Gasteiger partial charge in [0.25, 0.3) is 0 Å². The molecule has 0 saturated carbocycles. The molecule has 0 spiro atoms. The number of ether oxygens (including phenoxy) is 1. The van der Waals surface area contributed by atoms with E-state index in [9.17, 15) is 4.79 Å². The number of amides is 1. The second-order valence-electron chi connectivity index (χ2n) is 9.23. The summed E-state index contributed by atoms with van der Waals surface area (Å²) in [5, 5.41) is 0. The van der Waals surface area contributed by atoms with Crippen molar-refractivity contribution in [1.29, 1.82) is 0 Å². The maximum absolute atomic E-state index is 12.6. The van der Waals surface area contributed by atoms with Crippen molar-refractivity contribution in [2.75, 3.05) is 6.54 Å². The average molecular weight is 382 g/mol. The van der Waals surface area contributed by atoms with Gasteiger partial charge in [0.05, 0.1) is 17.9 Å². The van der Waals surface area contributed by atoms with Gasteiger partial charge in [-0.05, 0) is 34.6 Å². The van der Waals surface area contributed by atoms with Crippen LogP contribution in [0.2, 0.25) is 0 Å². The Labute approximate surface area is 168 Å². The fourth-order valence-electron chi connectivity index (χ4n) is 3.40. The van der Waals surface area contributed by atoms with Crippen molar-refractivity contribution in [2.24, 2.45) is 5.41 Å². The van der Waals surface area contributed by atoms with Crippen LogP contribution in [0.15, 0.2) is 29.9 Å². The fourth-order valence-corrected chi connectivity index (χ4v) is 3.40. The van der Waals surface area contributed by atoms with E-state index in [1.165, 1.54) is 5.57 Å². The molecule has 150 valence electrons. The van der Waals surface area contributed by atoms with Crippen molar-refractivity contribution in [1.82, 2.24) is 14.9 Å². The summed E-state index contributed by atoms with van der Waals surface area (Å²) in [5.41, 5.74) is 4.79. The molecular formula is C23H31N3O2. The molecular weight excluding hydrogens is 350 g/mol. The van der Waals surface area contributed by atoms with Crippen LogP contribution in [0.25, 0.3) is 5.57 Å². The quantitative estimate of drug-likeness (QED) is 0.687. The zero-order valence-electron chi connectivity index (χ0n) is 18.1. The lowest BCUT2D eigenvalue weighted by molar-refractivity contribution is 0.0222. The fraction of sp³-hybridized carbons (Fsp3) is 0.522. The summed E-state index contributed by atoms with van der Waals surface area (Å²) in [6.07, 6.45) is 9.04. The topological polar surface area (TPSA) is 55.3 Å². The number of carbonyl (C=O) groups is 1. The number of rotatable bonds is 1. The molecule has 0 fully saturated rings. The third-order valence-corrected chi connectivity index (χ3v) is 5.27. The minimum absolute atomic E-state index is 0.00291. The highest BCUT2D eigenvalue weighted by atomic mass is 16.6. The van der Waals surface area contributed by atoms with Crippen LogP contribution >= 0.6 is 0 Å². The van der Waals surface area contributed by atoms with Gasteiger partial charge in [-0.25, -0.2) is 14.8 Å². The third-order valence-electron chi connectivity index (χ3n) is 5.27. The standard InChI is InChI=1S/C23H31N3O2/c1-15-13-17(9-8-11-23(15,6)7)20-18-14-26(21(27)28-22(3,4)5)12-10-19(18)24-16(2)25-20/h8-9,11,13H,10,12,14H2,1-7H3. The number of carbonyl (C=O) groups excluding carboxylic acids is 1. The van der Waals surface area contributed by atoms with E-state index in [4.69, 9.17) is 9.72 Å². The highest BCUT2D eigenvalue weighted by Gasteiger charge is 2.29. The van der Waals surface area contributed by atoms with Crippen LogP contribution < -0.4 is 0 Å². The molecule has 1 aliphatic heterocycles. The lowest BCUT2D eigenvalue weighted by Crippen LogP contribution is -2.40. The molecule has 0 saturated heterocycles. The summed E-state index contributed by atoms with van der Waals surface area (Å²) in [4.78, 5) is 23.8. The molecule has 3 rings (SSSR count). The zero-order valence-corrected chi connectivity index (χ0v) is 18.1. The van der Waals surface area contributed by atoms with Crippen molar-refractivity contribution in [3.8, 4) is 0 Å². The molecule has 0 N–H and O–H groups in total. The van der Waals surface area contributed by atoms with Gasteiger partial charge in [-0.2, -0.15) is 0 Å². The van der Waals surface area contributed by atoms with Gasteiger partial charge in [-0.3, -0.25) is 0 Å². The Morgan fingerprint density at radius 2 is 1.93 bits per heavy atom. The predicted molar refractivity (Wildman–Crippen MR) is 112 cm³/mol. The van der Waals surface area contributed by atoms with E-state index in [1.54, 1.807) is 4.90 Å². The van der Waals surface area contributed by atoms with Gasteiger partial charge in [0, 0.05) is 29.5 Å². The predicted octanol–water partition coefficient (Wildman–Crippen LogP) is 5.00. The van der Waals surface area contributed by atoms with Crippen molar-refractivity contribution in [2.45, 2.75) is 67.0 Å². The molecule has 2 aliphatic rings. The smallest absolute Gasteiger partial charge is 0.410 e. The molecule has 5 heteroatoms. The number of allylic oxidation sites excluding steroid dienone is 6. The normalized spacial score (nSPS) is 18.8. The van der Waals surface area contributed by atoms with Gasteiger partial charge in [0.1, 0.15) is 11.4 Å². The van der Waals surface area contributed by atoms with Crippen molar-refractivity contribution < 1.29 is 9.53 Å². The Bertz CT molecular complexity index is 886. The first-order valence-electron chi connectivity index (χ1n) is 9.89. The van der Waals surface area contributed by atoms with E-state index in [2.05, 4.69) is 50.1 Å². The molecule has 0 atom stereocenters. The second kappa shape index (κ2) is 7.19. The van der Waals surface area contributed by atoms with E-state index >= 15 is 0 Å². The largest absolute Gasteiger partial charge is 0.444 e. The summed E-state index contributed by atoms with van der Waals surface area (Å²) in [6, 6.07) is 0. The van der Waals surface area contributed by atoms with Crippen LogP contribution in [0, 0.1) is 12.3 Å². The average Bonchev–Trinajstić information content (AvgIpc) is 2.70. The number of aryl methyl sites for hydroxylation is 1. The molecule has 0 radical (unpaired) electrons. The highest BCUT2D eigenvalue weighted by Crippen LogP contribution is 2.34. The van der Waals surface area contributed by atoms with Crippen molar-refractivity contribution in [3.63, 3.8) is 0 Å². The van der Waals surface area contributed by atoms with Crippen LogP contribution in [-0.4, -0.2) is 33.1 Å². The first kappa shape index (κ1) is 20.3. The number of nitrogens with zero attached hydrogens (tertiary/aromatic N) is 3. The lowest BCUT2D eigenvalue weighted by atomic mass is 9.84. The summed E-state index contributed by atoms with van der Waals surface area (Å²) < 4.78 is 5.57. The Kier molecular flexibility index (Phi) is 5.22. The van der Waals surface area contributed by atoms with Crippen LogP contribution in [0.4, 0.5) is 4.79 Å². The van der Waals surface area contributed by atoms with Crippen molar-refractivity contribution >= 4 is 11.7 Å². The van der Waals surface area contributed by atoms with Gasteiger partial charge < -0.3 is 9.64 Å². The van der Waals surface area contributed by atoms with Gasteiger partial charge in [-0.1, -0.05) is 43.7 Å². The highest BCUT2D eigenvalue weighted by molar-refractivity contribution is 5.78. The molecule has 1 amide bonds. The molecule has 0 unspecified atom stereocenters. The van der Waals surface area contributed by atoms with E-state index in [0.29, 0.717) is 19.5 Å². The molecule has 2 heterocycles. The lowest BCUT2D eigenvalue weighted by Gasteiger charge is -2.31. The van der Waals surface area contributed by atoms with Gasteiger partial charge in [-0.15, -0.1) is 0 Å². The number of aromatic nitrogens is 2. The van der Waals surface area contributed by atoms with Crippen LogP contribution in [-0.2, 0) is 17.7 Å². The number of hydrogen-bond donors (Lipinski definition) is 0. The molecule has 1 aromatic heterocycles. The second-order valence-corrected chi connectivity index (χ2v) is 9.23. The third kappa shape index (κ3) is 4.34. The maximum Gasteiger partial charge on any atom is 0.410 e. The van der Waals surface area contributed by atoms with Crippen LogP contribution in [0.3, 0.4) is 0 Å². The molecule has 1 aromatic rings. The van der Waals surface area contributed by atoms with E-state index in [-0.39, 0.29) is 11.5 Å². The summed E-state index contributed by atoms with van der Waals surface area (Å²) >= 11 is 0. The van der Waals surface area contributed by atoms with E-state index in [0.717, 1.165) is 28.3 Å². The van der Waals surface area contributed by atoms with E-state index in [1.807, 2.05) is 27.7 Å². The van der Waals surface area contributed by atoms with Crippen LogP contribution in [0.5, 0.6) is 0 Å². The molecule has 5 nitrogen and oxygen atoms in total. The Hall–Kier alpha value is -2.43. The zero-order chi connectivity index (χ0) is 20.7. The number of fused-ring (bicyclic) bond motifs is 1. The monoisotopic (exact) mass is 381 g/mol. The first-order chi connectivity index (χ1) is 13.0. The van der Waals surface area contributed by atoms with Crippen molar-refractivity contribution in [3.05, 3.63) is 52.7 Å². The Morgan fingerprint density at radius 3 is 2.61 bits per heavy atom. The SMILES string of the molecule is CC1=CC(c2nc(C)nc3c2CN(C(=O)OC(C)(C)C)CC3)=CC=CC1(C)C. The first-order valence-corrected chi connectivity index (χ1v) is 9.89. The minimum Gasteiger partial charge on any atom is -0.444 e. The Balaban J connectivity index is 1.99.